The van der Waals surface area contributed by atoms with Crippen molar-refractivity contribution >= 4 is 17.6 Å². The van der Waals surface area contributed by atoms with Crippen LogP contribution in [-0.2, 0) is 18.4 Å². The molecule has 140 valence electrons. The van der Waals surface area contributed by atoms with Gasteiger partial charge in [-0.1, -0.05) is 0 Å². The SMILES string of the molecule is COC(=O)c1nn(C)cc1NC(=O)c1ccc(COc2ccc(F)cc2)o1. The van der Waals surface area contributed by atoms with E-state index in [2.05, 4.69) is 15.2 Å². The highest BCUT2D eigenvalue weighted by atomic mass is 19.1. The van der Waals surface area contributed by atoms with Gasteiger partial charge < -0.3 is 19.2 Å². The van der Waals surface area contributed by atoms with E-state index in [1.807, 2.05) is 0 Å². The Morgan fingerprint density at radius 1 is 1.22 bits per heavy atom. The van der Waals surface area contributed by atoms with E-state index in [4.69, 9.17) is 9.15 Å². The van der Waals surface area contributed by atoms with Crippen molar-refractivity contribution in [1.29, 1.82) is 0 Å². The molecule has 3 aromatic rings. The van der Waals surface area contributed by atoms with Gasteiger partial charge in [-0.15, -0.1) is 0 Å². The summed E-state index contributed by atoms with van der Waals surface area (Å²) in [5, 5.41) is 6.51. The van der Waals surface area contributed by atoms with Crippen LogP contribution >= 0.6 is 0 Å². The third-order valence-electron chi connectivity index (χ3n) is 3.54. The molecule has 0 unspecified atom stereocenters. The minimum Gasteiger partial charge on any atom is -0.486 e. The predicted molar refractivity (Wildman–Crippen MR) is 91.9 cm³/mol. The molecular formula is C18H16FN3O5. The van der Waals surface area contributed by atoms with Crippen LogP contribution in [-0.4, -0.2) is 28.8 Å². The zero-order chi connectivity index (χ0) is 19.4. The lowest BCUT2D eigenvalue weighted by atomic mass is 10.3. The molecular weight excluding hydrogens is 357 g/mol. The van der Waals surface area contributed by atoms with E-state index in [1.54, 1.807) is 13.1 Å². The molecule has 1 N–H and O–H groups in total. The van der Waals surface area contributed by atoms with Crippen molar-refractivity contribution < 1.29 is 27.9 Å². The largest absolute Gasteiger partial charge is 0.486 e. The molecule has 3 rings (SSSR count). The first-order valence-electron chi connectivity index (χ1n) is 7.86. The third kappa shape index (κ3) is 4.32. The standard InChI is InChI=1S/C18H16FN3O5/c1-22-9-14(16(21-22)18(24)25-2)20-17(23)15-8-7-13(27-15)10-26-12-5-3-11(19)4-6-12/h3-9H,10H2,1-2H3,(H,20,23). The average molecular weight is 373 g/mol. The van der Waals surface area contributed by atoms with E-state index in [0.29, 0.717) is 11.5 Å². The molecule has 0 spiro atoms. The lowest BCUT2D eigenvalue weighted by Gasteiger charge is -2.04. The maximum atomic E-state index is 12.9. The van der Waals surface area contributed by atoms with Gasteiger partial charge in [-0.05, 0) is 36.4 Å². The molecule has 2 aromatic heterocycles. The van der Waals surface area contributed by atoms with Gasteiger partial charge in [0, 0.05) is 13.2 Å². The zero-order valence-electron chi connectivity index (χ0n) is 14.6. The molecule has 0 atom stereocenters. The number of carbonyl (C=O) groups excluding carboxylic acids is 2. The number of hydrogen-bond acceptors (Lipinski definition) is 6. The molecule has 1 amide bonds. The highest BCUT2D eigenvalue weighted by molar-refractivity contribution is 6.05. The van der Waals surface area contributed by atoms with Crippen LogP contribution in [0.1, 0.15) is 26.8 Å². The van der Waals surface area contributed by atoms with Crippen molar-refractivity contribution in [3.05, 3.63) is 65.6 Å². The summed E-state index contributed by atoms with van der Waals surface area (Å²) in [6.07, 6.45) is 1.48. The fourth-order valence-electron chi connectivity index (χ4n) is 2.27. The normalized spacial score (nSPS) is 10.5. The first-order chi connectivity index (χ1) is 13.0. The molecule has 8 nitrogen and oxygen atoms in total. The van der Waals surface area contributed by atoms with Crippen LogP contribution in [0.3, 0.4) is 0 Å². The summed E-state index contributed by atoms with van der Waals surface area (Å²) in [6, 6.07) is 8.60. The number of hydrogen-bond donors (Lipinski definition) is 1. The van der Waals surface area contributed by atoms with Gasteiger partial charge in [0.2, 0.25) is 0 Å². The van der Waals surface area contributed by atoms with Crippen LogP contribution in [0, 0.1) is 5.82 Å². The fourth-order valence-corrected chi connectivity index (χ4v) is 2.27. The molecule has 1 aromatic carbocycles. The first-order valence-corrected chi connectivity index (χ1v) is 7.86. The number of nitrogens with zero attached hydrogens (tertiary/aromatic N) is 2. The minimum absolute atomic E-state index is 0.0141. The zero-order valence-corrected chi connectivity index (χ0v) is 14.6. The number of carbonyl (C=O) groups is 2. The van der Waals surface area contributed by atoms with E-state index in [9.17, 15) is 14.0 Å². The van der Waals surface area contributed by atoms with Crippen LogP contribution < -0.4 is 10.1 Å². The molecule has 0 bridgehead atoms. The van der Waals surface area contributed by atoms with Crippen molar-refractivity contribution in [3.8, 4) is 5.75 Å². The third-order valence-corrected chi connectivity index (χ3v) is 3.54. The summed E-state index contributed by atoms with van der Waals surface area (Å²) in [5.41, 5.74) is 0.189. The van der Waals surface area contributed by atoms with Crippen molar-refractivity contribution in [2.24, 2.45) is 7.05 Å². The highest BCUT2D eigenvalue weighted by Gasteiger charge is 2.20. The number of methoxy groups -OCH3 is 1. The number of furan rings is 1. The van der Waals surface area contributed by atoms with Crippen LogP contribution in [0.4, 0.5) is 10.1 Å². The second-order valence-electron chi connectivity index (χ2n) is 5.52. The second-order valence-corrected chi connectivity index (χ2v) is 5.52. The molecule has 2 heterocycles. The monoisotopic (exact) mass is 373 g/mol. The Labute approximate surface area is 153 Å². The number of rotatable bonds is 6. The number of nitrogens with one attached hydrogen (secondary N) is 1. The quantitative estimate of drug-likeness (QED) is 0.668. The Morgan fingerprint density at radius 2 is 1.96 bits per heavy atom. The number of benzene rings is 1. The van der Waals surface area contributed by atoms with Gasteiger partial charge in [0.05, 0.1) is 12.8 Å². The van der Waals surface area contributed by atoms with E-state index >= 15 is 0 Å². The van der Waals surface area contributed by atoms with E-state index in [0.717, 1.165) is 0 Å². The summed E-state index contributed by atoms with van der Waals surface area (Å²) in [7, 11) is 2.84. The number of anilines is 1. The van der Waals surface area contributed by atoms with E-state index < -0.39 is 11.9 Å². The highest BCUT2D eigenvalue weighted by Crippen LogP contribution is 2.18. The Morgan fingerprint density at radius 3 is 2.67 bits per heavy atom. The van der Waals surface area contributed by atoms with Crippen LogP contribution in [0.2, 0.25) is 0 Å². The van der Waals surface area contributed by atoms with Gasteiger partial charge in [0.15, 0.2) is 11.5 Å². The Bertz CT molecular complexity index is 962. The fraction of sp³-hybridized carbons (Fsp3) is 0.167. The Kier molecular flexibility index (Phi) is 5.20. The molecule has 0 aliphatic heterocycles. The molecule has 0 saturated carbocycles. The molecule has 0 fully saturated rings. The van der Waals surface area contributed by atoms with Gasteiger partial charge in [0.25, 0.3) is 5.91 Å². The molecule has 0 saturated heterocycles. The van der Waals surface area contributed by atoms with Gasteiger partial charge in [-0.3, -0.25) is 9.48 Å². The van der Waals surface area contributed by atoms with E-state index in [1.165, 1.54) is 48.3 Å². The minimum atomic E-state index is -0.668. The van der Waals surface area contributed by atoms with E-state index in [-0.39, 0.29) is 29.6 Å². The smallest absolute Gasteiger partial charge is 0.360 e. The van der Waals surface area contributed by atoms with Crippen molar-refractivity contribution in [1.82, 2.24) is 9.78 Å². The first kappa shape index (κ1) is 18.2. The maximum absolute atomic E-state index is 12.9. The molecule has 27 heavy (non-hydrogen) atoms. The molecule has 0 aliphatic carbocycles. The van der Waals surface area contributed by atoms with Crippen molar-refractivity contribution in [2.75, 3.05) is 12.4 Å². The number of amides is 1. The van der Waals surface area contributed by atoms with Gasteiger partial charge in [-0.25, -0.2) is 9.18 Å². The summed E-state index contributed by atoms with van der Waals surface area (Å²) in [6.45, 7) is 0.0687. The predicted octanol–water partition coefficient (Wildman–Crippen LogP) is 2.77. The van der Waals surface area contributed by atoms with Gasteiger partial charge in [-0.2, -0.15) is 5.10 Å². The number of aromatic nitrogens is 2. The lowest BCUT2D eigenvalue weighted by Crippen LogP contribution is -2.14. The summed E-state index contributed by atoms with van der Waals surface area (Å²) >= 11 is 0. The topological polar surface area (TPSA) is 95.6 Å². The van der Waals surface area contributed by atoms with Crippen LogP contribution in [0.5, 0.6) is 5.75 Å². The second kappa shape index (κ2) is 7.73. The number of ether oxygens (including phenoxy) is 2. The van der Waals surface area contributed by atoms with Gasteiger partial charge >= 0.3 is 5.97 Å². The molecule has 0 radical (unpaired) electrons. The van der Waals surface area contributed by atoms with Crippen molar-refractivity contribution in [3.63, 3.8) is 0 Å². The van der Waals surface area contributed by atoms with Crippen molar-refractivity contribution in [2.45, 2.75) is 6.61 Å². The number of halogens is 1. The Hall–Kier alpha value is -3.62. The van der Waals surface area contributed by atoms with Crippen LogP contribution in [0.15, 0.2) is 47.0 Å². The van der Waals surface area contributed by atoms with Gasteiger partial charge in [0.1, 0.15) is 23.9 Å². The number of aryl methyl sites for hydroxylation is 1. The molecule has 0 aliphatic rings. The summed E-state index contributed by atoms with van der Waals surface area (Å²) in [5.74, 6) is -0.672. The average Bonchev–Trinajstić information content (AvgIpc) is 3.27. The maximum Gasteiger partial charge on any atom is 0.360 e. The molecule has 9 heteroatoms. The summed E-state index contributed by atoms with van der Waals surface area (Å²) < 4.78 is 29.8. The summed E-state index contributed by atoms with van der Waals surface area (Å²) in [4.78, 5) is 24.0. The van der Waals surface area contributed by atoms with Crippen LogP contribution in [0.25, 0.3) is 0 Å². The Balaban J connectivity index is 1.65. The number of esters is 1. The lowest BCUT2D eigenvalue weighted by molar-refractivity contribution is 0.0594.